The molecule has 0 bridgehead atoms. The van der Waals surface area contributed by atoms with Gasteiger partial charge in [0, 0.05) is 31.2 Å². The maximum absolute atomic E-state index is 10.5. The Morgan fingerprint density at radius 1 is 1.22 bits per heavy atom. The summed E-state index contributed by atoms with van der Waals surface area (Å²) >= 11 is 7.95. The summed E-state index contributed by atoms with van der Waals surface area (Å²) in [5.74, 6) is 4.75. The van der Waals surface area contributed by atoms with Gasteiger partial charge in [-0.25, -0.2) is 14.2 Å². The summed E-state index contributed by atoms with van der Waals surface area (Å²) in [6.07, 6.45) is 7.06. The number of anilines is 2. The molecule has 1 amide bonds. The SMILES string of the molecule is C=S(C)(=O)O.CCNC.O=CNCCn1ccc2ncnc(Nc3ccc(Oc4cccc5sncc45)c(Cl)c3)c21. The van der Waals surface area contributed by atoms with Crippen LogP contribution >= 0.6 is 23.1 Å². The molecule has 0 saturated heterocycles. The van der Waals surface area contributed by atoms with Crippen LogP contribution in [0.4, 0.5) is 11.5 Å². The summed E-state index contributed by atoms with van der Waals surface area (Å²) in [5, 5.41) is 10.3. The lowest BCUT2D eigenvalue weighted by molar-refractivity contribution is -0.109. The van der Waals surface area contributed by atoms with Crippen molar-refractivity contribution in [2.24, 2.45) is 0 Å². The lowest BCUT2D eigenvalue weighted by Gasteiger charge is -2.13. The average Bonchev–Trinajstić information content (AvgIpc) is 3.58. The Balaban J connectivity index is 0.000000451. The van der Waals surface area contributed by atoms with E-state index >= 15 is 0 Å². The van der Waals surface area contributed by atoms with Gasteiger partial charge >= 0.3 is 0 Å². The van der Waals surface area contributed by atoms with Gasteiger partial charge in [-0.2, -0.15) is 4.37 Å². The van der Waals surface area contributed by atoms with Crippen LogP contribution in [0.3, 0.4) is 0 Å². The van der Waals surface area contributed by atoms with Crippen molar-refractivity contribution in [1.29, 1.82) is 0 Å². The molecule has 14 heteroatoms. The number of ether oxygens (including phenoxy) is 1. The molecule has 0 fully saturated rings. The van der Waals surface area contributed by atoms with Crippen molar-refractivity contribution < 1.29 is 18.3 Å². The molecule has 0 aliphatic carbocycles. The van der Waals surface area contributed by atoms with E-state index in [0.29, 0.717) is 41.8 Å². The van der Waals surface area contributed by atoms with Gasteiger partial charge in [-0.15, -0.1) is 0 Å². The molecule has 0 radical (unpaired) electrons. The summed E-state index contributed by atoms with van der Waals surface area (Å²) in [6, 6.07) is 13.2. The molecule has 5 rings (SSSR count). The highest BCUT2D eigenvalue weighted by Gasteiger charge is 2.12. The Labute approximate surface area is 247 Å². The standard InChI is InChI=1S/C22H17ClN6O2S.C3H9N.C2H6O2S/c23-16-10-14(4-5-19(16)31-18-2-1-3-20-15(18)11-27-32-20)28-22-21-17(25-12-26-22)6-8-29(21)9-7-24-13-30;1-3-4-2;1-5(2,3)4/h1-6,8,10-13H,7,9H2,(H,24,30)(H,25,26,28);4H,3H2,1-2H3;1H2,2H3,(H,3,4). The minimum absolute atomic E-state index is 0.464. The van der Waals surface area contributed by atoms with Crippen LogP contribution in [0, 0.1) is 0 Å². The molecule has 41 heavy (non-hydrogen) atoms. The minimum Gasteiger partial charge on any atom is -0.455 e. The first kappa shape index (κ1) is 31.8. The third-order valence-electron chi connectivity index (χ3n) is 5.26. The Kier molecular flexibility index (Phi) is 11.9. The first-order valence-corrected chi connectivity index (χ1v) is 15.6. The van der Waals surface area contributed by atoms with Crippen LogP contribution in [0.15, 0.2) is 61.2 Å². The second-order valence-electron chi connectivity index (χ2n) is 8.57. The molecule has 1 unspecified atom stereocenters. The van der Waals surface area contributed by atoms with Crippen molar-refractivity contribution in [3.8, 4) is 11.5 Å². The van der Waals surface area contributed by atoms with Crippen LogP contribution in [-0.4, -0.2) is 66.3 Å². The van der Waals surface area contributed by atoms with Crippen LogP contribution in [0.5, 0.6) is 11.5 Å². The smallest absolute Gasteiger partial charge is 0.207 e. The average molecular weight is 618 g/mol. The number of fused-ring (bicyclic) bond motifs is 2. The van der Waals surface area contributed by atoms with Gasteiger partial charge in [0.05, 0.1) is 36.6 Å². The molecule has 1 atom stereocenters. The van der Waals surface area contributed by atoms with Crippen LogP contribution in [0.2, 0.25) is 5.02 Å². The molecular weight excluding hydrogens is 586 g/mol. The van der Waals surface area contributed by atoms with Gasteiger partial charge in [-0.3, -0.25) is 4.79 Å². The van der Waals surface area contributed by atoms with E-state index in [9.17, 15) is 9.00 Å². The Morgan fingerprint density at radius 2 is 1.98 bits per heavy atom. The Morgan fingerprint density at radius 3 is 2.66 bits per heavy atom. The van der Waals surface area contributed by atoms with Gasteiger partial charge in [-0.1, -0.05) is 24.6 Å². The molecule has 0 aliphatic rings. The van der Waals surface area contributed by atoms with Crippen molar-refractivity contribution in [2.75, 3.05) is 31.7 Å². The summed E-state index contributed by atoms with van der Waals surface area (Å²) in [6.45, 7) is 4.24. The number of nitrogens with zero attached hydrogens (tertiary/aromatic N) is 4. The van der Waals surface area contributed by atoms with Gasteiger partial charge in [-0.05, 0) is 67.4 Å². The lowest BCUT2D eigenvalue weighted by Crippen LogP contribution is -2.17. The first-order valence-electron chi connectivity index (χ1n) is 12.4. The highest BCUT2D eigenvalue weighted by Crippen LogP contribution is 2.36. The maximum atomic E-state index is 10.5. The quantitative estimate of drug-likeness (QED) is 0.102. The van der Waals surface area contributed by atoms with E-state index in [1.807, 2.05) is 54.2 Å². The third kappa shape index (κ3) is 9.69. The van der Waals surface area contributed by atoms with Gasteiger partial charge in [0.2, 0.25) is 6.41 Å². The highest BCUT2D eigenvalue weighted by molar-refractivity contribution is 7.94. The predicted octanol–water partition coefficient (Wildman–Crippen LogP) is 5.01. The second kappa shape index (κ2) is 15.3. The van der Waals surface area contributed by atoms with Crippen molar-refractivity contribution in [1.82, 2.24) is 29.5 Å². The van der Waals surface area contributed by atoms with Gasteiger partial charge in [0.25, 0.3) is 0 Å². The van der Waals surface area contributed by atoms with Gasteiger partial charge in [0.1, 0.15) is 23.3 Å². The summed E-state index contributed by atoms with van der Waals surface area (Å²) < 4.78 is 30.9. The van der Waals surface area contributed by atoms with Crippen molar-refractivity contribution in [2.45, 2.75) is 13.5 Å². The number of benzene rings is 2. The summed E-state index contributed by atoms with van der Waals surface area (Å²) in [4.78, 5) is 19.3. The molecule has 5 aromatic rings. The molecule has 0 aliphatic heterocycles. The number of carbonyl (C=O) groups excluding carboxylic acids is 1. The number of carbonyl (C=O) groups is 1. The number of rotatable bonds is 9. The zero-order chi connectivity index (χ0) is 29.8. The largest absolute Gasteiger partial charge is 0.455 e. The van der Waals surface area contributed by atoms with E-state index in [-0.39, 0.29) is 0 Å². The number of hydrogen-bond donors (Lipinski definition) is 4. The Hall–Kier alpha value is -3.75. The van der Waals surface area contributed by atoms with E-state index < -0.39 is 9.80 Å². The van der Waals surface area contributed by atoms with Gasteiger partial charge in [0.15, 0.2) is 5.82 Å². The van der Waals surface area contributed by atoms with Crippen molar-refractivity contribution >= 4 is 77.8 Å². The molecule has 3 heterocycles. The zero-order valence-corrected chi connectivity index (χ0v) is 25.2. The van der Waals surface area contributed by atoms with Crippen molar-refractivity contribution in [3.63, 3.8) is 0 Å². The van der Waals surface area contributed by atoms with Crippen LogP contribution in [0.1, 0.15) is 6.92 Å². The number of amides is 1. The molecule has 0 saturated carbocycles. The lowest BCUT2D eigenvalue weighted by atomic mass is 10.2. The predicted molar refractivity (Wildman–Crippen MR) is 169 cm³/mol. The fourth-order valence-corrected chi connectivity index (χ4v) is 4.31. The van der Waals surface area contributed by atoms with E-state index in [4.69, 9.17) is 20.9 Å². The highest BCUT2D eigenvalue weighted by atomic mass is 35.5. The van der Waals surface area contributed by atoms with E-state index in [2.05, 4.69) is 43.1 Å². The normalized spacial score (nSPS) is 11.9. The minimum atomic E-state index is -2.67. The monoisotopic (exact) mass is 617 g/mol. The molecule has 4 N–H and O–H groups in total. The second-order valence-corrected chi connectivity index (χ2v) is 11.7. The fourth-order valence-electron chi connectivity index (χ4n) is 3.43. The number of aromatic nitrogens is 4. The number of nitrogens with one attached hydrogen (secondary N) is 3. The first-order chi connectivity index (χ1) is 19.6. The fraction of sp³-hybridized carbons (Fsp3) is 0.222. The Bertz CT molecular complexity index is 1680. The molecule has 11 nitrogen and oxygen atoms in total. The van der Waals surface area contributed by atoms with Crippen LogP contribution in [0.25, 0.3) is 21.1 Å². The van der Waals surface area contributed by atoms with Crippen LogP contribution in [-0.2, 0) is 21.1 Å². The summed E-state index contributed by atoms with van der Waals surface area (Å²) in [7, 11) is -0.736. The molecule has 0 spiro atoms. The van der Waals surface area contributed by atoms with E-state index in [1.54, 1.807) is 12.3 Å². The third-order valence-corrected chi connectivity index (χ3v) is 6.32. The van der Waals surface area contributed by atoms with Crippen molar-refractivity contribution in [3.05, 3.63) is 66.2 Å². The maximum Gasteiger partial charge on any atom is 0.207 e. The molecule has 218 valence electrons. The topological polar surface area (TPSA) is 143 Å². The van der Waals surface area contributed by atoms with Gasteiger partial charge < -0.3 is 29.8 Å². The molecule has 2 aromatic carbocycles. The number of halogens is 1. The molecule has 3 aromatic heterocycles. The van der Waals surface area contributed by atoms with E-state index in [1.165, 1.54) is 17.9 Å². The number of hydrogen-bond acceptors (Lipinski definition) is 9. The zero-order valence-electron chi connectivity index (χ0n) is 22.8. The summed E-state index contributed by atoms with van der Waals surface area (Å²) in [5.41, 5.74) is 2.40. The van der Waals surface area contributed by atoms with E-state index in [0.717, 1.165) is 39.6 Å². The van der Waals surface area contributed by atoms with Crippen LogP contribution < -0.4 is 20.7 Å². The molecular formula is C27H32ClN7O4S2.